The number of fused-ring (bicyclic) bond motifs is 1. The van der Waals surface area contributed by atoms with E-state index in [0.717, 1.165) is 18.4 Å². The van der Waals surface area contributed by atoms with Gasteiger partial charge < -0.3 is 30.1 Å². The number of rotatable bonds is 9. The fraction of sp³-hybridized carbons (Fsp3) is 0.379. The molecule has 5 rings (SSSR count). The predicted molar refractivity (Wildman–Crippen MR) is 150 cm³/mol. The largest absolute Gasteiger partial charge is 0.497 e. The third-order valence-corrected chi connectivity index (χ3v) is 7.67. The molecule has 3 N–H and O–H groups in total. The van der Waals surface area contributed by atoms with Crippen molar-refractivity contribution in [2.45, 2.75) is 37.9 Å². The lowest BCUT2D eigenvalue weighted by molar-refractivity contribution is -0.123. The van der Waals surface area contributed by atoms with Crippen molar-refractivity contribution in [2.24, 2.45) is 0 Å². The van der Waals surface area contributed by atoms with Crippen LogP contribution in [-0.4, -0.2) is 71.3 Å². The molecule has 3 heterocycles. The number of halogens is 2. The van der Waals surface area contributed by atoms with E-state index in [4.69, 9.17) is 21.1 Å². The molecule has 0 saturated carbocycles. The van der Waals surface area contributed by atoms with Crippen molar-refractivity contribution in [3.63, 3.8) is 0 Å². The maximum Gasteiger partial charge on any atom is 0.255 e. The summed E-state index contributed by atoms with van der Waals surface area (Å²) in [4.78, 5) is 36.8. The van der Waals surface area contributed by atoms with Gasteiger partial charge in [-0.3, -0.25) is 9.59 Å². The van der Waals surface area contributed by atoms with Crippen LogP contribution in [0.4, 0.5) is 10.3 Å². The number of nitrogens with one attached hydrogen (secondary N) is 2. The van der Waals surface area contributed by atoms with E-state index < -0.39 is 24.4 Å². The number of aliphatic hydroxyl groups is 1. The summed E-state index contributed by atoms with van der Waals surface area (Å²) in [5, 5.41) is 16.2. The molecule has 41 heavy (non-hydrogen) atoms. The fourth-order valence-corrected chi connectivity index (χ4v) is 5.36. The van der Waals surface area contributed by atoms with Crippen molar-refractivity contribution >= 4 is 29.4 Å². The Morgan fingerprint density at radius 3 is 2.78 bits per heavy atom. The molecule has 1 saturated heterocycles. The van der Waals surface area contributed by atoms with Gasteiger partial charge >= 0.3 is 0 Å². The zero-order chi connectivity index (χ0) is 29.1. The highest BCUT2D eigenvalue weighted by Gasteiger charge is 2.35. The Balaban J connectivity index is 1.31. The van der Waals surface area contributed by atoms with Crippen molar-refractivity contribution < 1.29 is 28.6 Å². The molecule has 216 valence electrons. The summed E-state index contributed by atoms with van der Waals surface area (Å²) in [6.07, 6.45) is 3.24. The zero-order valence-electron chi connectivity index (χ0n) is 22.7. The van der Waals surface area contributed by atoms with E-state index in [0.29, 0.717) is 46.6 Å². The predicted octanol–water partition coefficient (Wildman–Crippen LogP) is 3.90. The molecule has 2 atom stereocenters. The smallest absolute Gasteiger partial charge is 0.255 e. The average molecular weight is 584 g/mol. The normalized spacial score (nSPS) is 17.7. The Bertz CT molecular complexity index is 1450. The van der Waals surface area contributed by atoms with Gasteiger partial charge in [0.15, 0.2) is 0 Å². The van der Waals surface area contributed by atoms with Crippen molar-refractivity contribution in [3.8, 4) is 17.0 Å². The molecule has 0 aliphatic carbocycles. The van der Waals surface area contributed by atoms with E-state index in [2.05, 4.69) is 20.6 Å². The van der Waals surface area contributed by atoms with Gasteiger partial charge in [-0.2, -0.15) is 0 Å². The molecule has 0 spiro atoms. The summed E-state index contributed by atoms with van der Waals surface area (Å²) in [5.41, 5.74) is 2.71. The Labute approximate surface area is 241 Å². The number of carbonyl (C=O) groups is 2. The zero-order valence-corrected chi connectivity index (χ0v) is 23.4. The Morgan fingerprint density at radius 1 is 1.27 bits per heavy atom. The van der Waals surface area contributed by atoms with Gasteiger partial charge in [0.1, 0.15) is 18.1 Å². The number of amides is 2. The first-order valence-electron chi connectivity index (χ1n) is 13.3. The van der Waals surface area contributed by atoms with Crippen LogP contribution < -0.4 is 15.4 Å². The monoisotopic (exact) mass is 583 g/mol. The summed E-state index contributed by atoms with van der Waals surface area (Å²) in [7, 11) is 1.40. The molecule has 0 radical (unpaired) electrons. The van der Waals surface area contributed by atoms with E-state index in [1.165, 1.54) is 36.4 Å². The average Bonchev–Trinajstić information content (AvgIpc) is 3.21. The first-order chi connectivity index (χ1) is 19.8. The highest BCUT2D eigenvalue weighted by atomic mass is 35.5. The Hall–Kier alpha value is -3.80. The van der Waals surface area contributed by atoms with Crippen LogP contribution in [0.2, 0.25) is 5.02 Å². The summed E-state index contributed by atoms with van der Waals surface area (Å²) >= 11 is 6.46. The summed E-state index contributed by atoms with van der Waals surface area (Å²) in [6, 6.07) is 8.32. The van der Waals surface area contributed by atoms with Gasteiger partial charge in [0, 0.05) is 36.4 Å². The van der Waals surface area contributed by atoms with Gasteiger partial charge in [-0.15, -0.1) is 0 Å². The molecule has 2 aromatic carbocycles. The van der Waals surface area contributed by atoms with E-state index in [1.807, 2.05) is 19.1 Å². The number of anilines is 1. The Kier molecular flexibility index (Phi) is 8.67. The second-order valence-electron chi connectivity index (χ2n) is 10.1. The van der Waals surface area contributed by atoms with Gasteiger partial charge in [0.25, 0.3) is 5.91 Å². The first kappa shape index (κ1) is 28.7. The number of nitrogens with zero attached hydrogens (tertiary/aromatic N) is 3. The SMILES string of the molecule is COc1cc(F)cc([C@@H](CO)NC(=O)CN2C(=O)c3cc(-c4nc(NC5CCOCC5)ncc4Cl)ccc3[C@H]2C)c1. The van der Waals surface area contributed by atoms with Gasteiger partial charge in [0.2, 0.25) is 11.9 Å². The third-order valence-electron chi connectivity index (χ3n) is 7.40. The second-order valence-corrected chi connectivity index (χ2v) is 10.5. The number of aliphatic hydroxyl groups excluding tert-OH is 1. The van der Waals surface area contributed by atoms with E-state index >= 15 is 0 Å². The summed E-state index contributed by atoms with van der Waals surface area (Å²) < 4.78 is 24.5. The van der Waals surface area contributed by atoms with Crippen molar-refractivity contribution in [2.75, 3.05) is 38.8 Å². The number of aromatic nitrogens is 2. The molecule has 1 fully saturated rings. The molecule has 2 aliphatic rings. The van der Waals surface area contributed by atoms with Crippen LogP contribution >= 0.6 is 11.6 Å². The third kappa shape index (κ3) is 6.27. The Morgan fingerprint density at radius 2 is 2.05 bits per heavy atom. The van der Waals surface area contributed by atoms with E-state index in [1.54, 1.807) is 6.07 Å². The van der Waals surface area contributed by atoms with Gasteiger partial charge in [-0.25, -0.2) is 14.4 Å². The topological polar surface area (TPSA) is 126 Å². The van der Waals surface area contributed by atoms with E-state index in [9.17, 15) is 19.1 Å². The number of hydrogen-bond donors (Lipinski definition) is 3. The van der Waals surface area contributed by atoms with Gasteiger partial charge in [-0.1, -0.05) is 23.7 Å². The number of carbonyl (C=O) groups excluding carboxylic acids is 2. The van der Waals surface area contributed by atoms with Gasteiger partial charge in [-0.05, 0) is 49.1 Å². The lowest BCUT2D eigenvalue weighted by Crippen LogP contribution is -2.41. The quantitative estimate of drug-likeness (QED) is 0.346. The molecule has 10 nitrogen and oxygen atoms in total. The van der Waals surface area contributed by atoms with Crippen LogP contribution in [-0.2, 0) is 9.53 Å². The van der Waals surface area contributed by atoms with Crippen LogP contribution in [0.1, 0.15) is 53.3 Å². The maximum absolute atomic E-state index is 14.0. The molecule has 2 amide bonds. The van der Waals surface area contributed by atoms with Gasteiger partial charge in [0.05, 0.1) is 42.7 Å². The van der Waals surface area contributed by atoms with Crippen molar-refractivity contribution in [1.82, 2.24) is 20.2 Å². The standard InChI is InChI=1S/C29H31ClFN5O5/c1-16-22-4-3-17(27-24(30)13-32-29(35-27)33-20-5-7-41-8-6-20)11-23(22)28(39)36(16)14-26(38)34-25(15-37)18-9-19(31)12-21(10-18)40-2/h3-4,9-13,16,20,25,37H,5-8,14-15H2,1-2H3,(H,34,38)(H,32,33,35)/t16-,25-/m1/s1. The molecule has 0 bridgehead atoms. The summed E-state index contributed by atoms with van der Waals surface area (Å²) in [5.74, 6) is -0.662. The van der Waals surface area contributed by atoms with Crippen LogP contribution in [0.25, 0.3) is 11.3 Å². The molecule has 3 aromatic rings. The molecular weight excluding hydrogens is 553 g/mol. The number of benzene rings is 2. The summed E-state index contributed by atoms with van der Waals surface area (Å²) in [6.45, 7) is 2.48. The molecule has 12 heteroatoms. The highest BCUT2D eigenvalue weighted by Crippen LogP contribution is 2.37. The minimum Gasteiger partial charge on any atom is -0.497 e. The highest BCUT2D eigenvalue weighted by molar-refractivity contribution is 6.33. The number of hydrogen-bond acceptors (Lipinski definition) is 8. The molecule has 0 unspecified atom stereocenters. The lowest BCUT2D eigenvalue weighted by Gasteiger charge is -2.24. The maximum atomic E-state index is 14.0. The first-order valence-corrected chi connectivity index (χ1v) is 13.7. The fourth-order valence-electron chi connectivity index (χ4n) is 5.16. The number of ether oxygens (including phenoxy) is 2. The van der Waals surface area contributed by atoms with Crippen molar-refractivity contribution in [3.05, 3.63) is 70.1 Å². The molecule has 1 aromatic heterocycles. The van der Waals surface area contributed by atoms with Crippen LogP contribution in [0, 0.1) is 5.82 Å². The number of methoxy groups -OCH3 is 1. The molecule has 2 aliphatic heterocycles. The van der Waals surface area contributed by atoms with Crippen LogP contribution in [0.15, 0.2) is 42.6 Å². The van der Waals surface area contributed by atoms with E-state index in [-0.39, 0.29) is 30.3 Å². The second kappa shape index (κ2) is 12.4. The van der Waals surface area contributed by atoms with Crippen molar-refractivity contribution in [1.29, 1.82) is 0 Å². The van der Waals surface area contributed by atoms with Crippen LogP contribution in [0.5, 0.6) is 5.75 Å². The molecular formula is C29H31ClFN5O5. The minimum absolute atomic E-state index is 0.202. The van der Waals surface area contributed by atoms with Crippen LogP contribution in [0.3, 0.4) is 0 Å². The lowest BCUT2D eigenvalue weighted by atomic mass is 10.0. The minimum atomic E-state index is -0.877.